The Morgan fingerprint density at radius 3 is 2.52 bits per heavy atom. The van der Waals surface area contributed by atoms with E-state index in [0.29, 0.717) is 0 Å². The molecule has 0 unspecified atom stereocenters. The van der Waals surface area contributed by atoms with Gasteiger partial charge < -0.3 is 15.4 Å². The maximum atomic E-state index is 12.9. The summed E-state index contributed by atoms with van der Waals surface area (Å²) in [6.45, 7) is 7.53. The van der Waals surface area contributed by atoms with Gasteiger partial charge in [0.15, 0.2) is 0 Å². The molecule has 0 aromatic heterocycles. The lowest BCUT2D eigenvalue weighted by atomic mass is 9.95. The number of rotatable bonds is 7. The van der Waals surface area contributed by atoms with E-state index in [9.17, 15) is 4.79 Å². The highest BCUT2D eigenvalue weighted by molar-refractivity contribution is 5.89. The normalized spacial score (nSPS) is 20.4. The molecule has 2 aliphatic rings. The van der Waals surface area contributed by atoms with Gasteiger partial charge >= 0.3 is 0 Å². The van der Waals surface area contributed by atoms with E-state index in [4.69, 9.17) is 4.74 Å². The maximum Gasteiger partial charge on any atom is 0.245 e. The van der Waals surface area contributed by atoms with E-state index < -0.39 is 5.54 Å². The predicted molar refractivity (Wildman–Crippen MR) is 101 cm³/mol. The highest BCUT2D eigenvalue weighted by Gasteiger charge is 2.40. The molecule has 1 amide bonds. The molecule has 25 heavy (non-hydrogen) atoms. The molecule has 2 N–H and O–H groups in total. The zero-order valence-electron chi connectivity index (χ0n) is 15.4. The number of morpholine rings is 1. The van der Waals surface area contributed by atoms with Crippen LogP contribution in [0, 0.1) is 6.92 Å². The number of ether oxygens (including phenoxy) is 1. The summed E-state index contributed by atoms with van der Waals surface area (Å²) in [5.41, 5.74) is 1.84. The minimum Gasteiger partial charge on any atom is -0.379 e. The quantitative estimate of drug-likeness (QED) is 0.746. The van der Waals surface area contributed by atoms with Crippen molar-refractivity contribution in [3.8, 4) is 0 Å². The van der Waals surface area contributed by atoms with Crippen molar-refractivity contribution < 1.29 is 9.53 Å². The van der Waals surface area contributed by atoms with Gasteiger partial charge in [-0.3, -0.25) is 9.69 Å². The van der Waals surface area contributed by atoms with E-state index in [1.807, 2.05) is 0 Å². The van der Waals surface area contributed by atoms with Gasteiger partial charge in [0, 0.05) is 25.3 Å². The standard InChI is InChI=1S/C20H31N3O2/c1-17-5-7-18(8-6-17)22-20(9-2-3-10-20)19(24)21-11-4-12-23-13-15-25-16-14-23/h5-8,22H,2-4,9-16H2,1H3,(H,21,24). The fourth-order valence-corrected chi connectivity index (χ4v) is 3.80. The third-order valence-corrected chi connectivity index (χ3v) is 5.37. The number of amides is 1. The Labute approximate surface area is 151 Å². The molecule has 1 aliphatic carbocycles. The van der Waals surface area contributed by atoms with Gasteiger partial charge in [-0.1, -0.05) is 30.5 Å². The predicted octanol–water partition coefficient (Wildman–Crippen LogP) is 2.56. The van der Waals surface area contributed by atoms with E-state index >= 15 is 0 Å². The first-order chi connectivity index (χ1) is 12.2. The summed E-state index contributed by atoms with van der Waals surface area (Å²) in [5, 5.41) is 6.71. The van der Waals surface area contributed by atoms with Crippen LogP contribution in [0.2, 0.25) is 0 Å². The molecule has 5 nitrogen and oxygen atoms in total. The van der Waals surface area contributed by atoms with Crippen LogP contribution in [-0.4, -0.2) is 55.7 Å². The van der Waals surface area contributed by atoms with Gasteiger partial charge in [-0.05, 0) is 44.9 Å². The number of hydrogen-bond donors (Lipinski definition) is 2. The summed E-state index contributed by atoms with van der Waals surface area (Å²) >= 11 is 0. The van der Waals surface area contributed by atoms with E-state index in [1.54, 1.807) is 0 Å². The van der Waals surface area contributed by atoms with Crippen LogP contribution in [-0.2, 0) is 9.53 Å². The maximum absolute atomic E-state index is 12.9. The molecule has 1 aromatic carbocycles. The number of carbonyl (C=O) groups is 1. The number of benzene rings is 1. The molecule has 1 heterocycles. The number of anilines is 1. The highest BCUT2D eigenvalue weighted by atomic mass is 16.5. The van der Waals surface area contributed by atoms with Crippen LogP contribution in [0.5, 0.6) is 0 Å². The summed E-state index contributed by atoms with van der Waals surface area (Å²) in [7, 11) is 0. The van der Waals surface area contributed by atoms with Crippen molar-refractivity contribution in [2.24, 2.45) is 0 Å². The summed E-state index contributed by atoms with van der Waals surface area (Å²) < 4.78 is 5.37. The molecule has 3 rings (SSSR count). The van der Waals surface area contributed by atoms with Crippen molar-refractivity contribution in [3.05, 3.63) is 29.8 Å². The van der Waals surface area contributed by atoms with Gasteiger partial charge in [0.25, 0.3) is 0 Å². The Morgan fingerprint density at radius 2 is 1.84 bits per heavy atom. The average Bonchev–Trinajstić information content (AvgIpc) is 3.11. The van der Waals surface area contributed by atoms with E-state index in [-0.39, 0.29) is 5.91 Å². The molecular formula is C20H31N3O2. The van der Waals surface area contributed by atoms with Gasteiger partial charge in [0.1, 0.15) is 5.54 Å². The van der Waals surface area contributed by atoms with Gasteiger partial charge in [0.05, 0.1) is 13.2 Å². The van der Waals surface area contributed by atoms with Crippen LogP contribution in [0.4, 0.5) is 5.69 Å². The second-order valence-electron chi connectivity index (χ2n) is 7.34. The van der Waals surface area contributed by atoms with Crippen LogP contribution >= 0.6 is 0 Å². The minimum atomic E-state index is -0.436. The van der Waals surface area contributed by atoms with Gasteiger partial charge in [-0.15, -0.1) is 0 Å². The van der Waals surface area contributed by atoms with E-state index in [0.717, 1.165) is 77.2 Å². The fraction of sp³-hybridized carbons (Fsp3) is 0.650. The number of hydrogen-bond acceptors (Lipinski definition) is 4. The Kier molecular flexibility index (Phi) is 6.32. The first-order valence-corrected chi connectivity index (χ1v) is 9.61. The number of nitrogens with zero attached hydrogens (tertiary/aromatic N) is 1. The van der Waals surface area contributed by atoms with Crippen molar-refractivity contribution in [1.29, 1.82) is 0 Å². The zero-order chi connectivity index (χ0) is 17.5. The minimum absolute atomic E-state index is 0.160. The Hall–Kier alpha value is -1.59. The topological polar surface area (TPSA) is 53.6 Å². The summed E-state index contributed by atoms with van der Waals surface area (Å²) in [4.78, 5) is 15.3. The lowest BCUT2D eigenvalue weighted by Crippen LogP contribution is -2.51. The van der Waals surface area contributed by atoms with Crippen molar-refractivity contribution in [1.82, 2.24) is 10.2 Å². The Bertz CT molecular complexity index is 547. The van der Waals surface area contributed by atoms with Gasteiger partial charge in [-0.2, -0.15) is 0 Å². The highest BCUT2D eigenvalue weighted by Crippen LogP contribution is 2.33. The average molecular weight is 345 g/mol. The number of aryl methyl sites for hydroxylation is 1. The lowest BCUT2D eigenvalue weighted by Gasteiger charge is -2.31. The molecule has 5 heteroatoms. The number of nitrogens with one attached hydrogen (secondary N) is 2. The first kappa shape index (κ1) is 18.2. The third-order valence-electron chi connectivity index (χ3n) is 5.37. The smallest absolute Gasteiger partial charge is 0.245 e. The molecule has 1 aliphatic heterocycles. The van der Waals surface area contributed by atoms with Crippen molar-refractivity contribution >= 4 is 11.6 Å². The molecule has 1 saturated carbocycles. The SMILES string of the molecule is Cc1ccc(NC2(C(=O)NCCCN3CCOCC3)CCCC2)cc1. The lowest BCUT2D eigenvalue weighted by molar-refractivity contribution is -0.125. The second-order valence-corrected chi connectivity index (χ2v) is 7.34. The van der Waals surface area contributed by atoms with Crippen LogP contribution in [0.25, 0.3) is 0 Å². The van der Waals surface area contributed by atoms with Gasteiger partial charge in [-0.25, -0.2) is 0 Å². The molecule has 0 bridgehead atoms. The van der Waals surface area contributed by atoms with Crippen molar-refractivity contribution in [3.63, 3.8) is 0 Å². The van der Waals surface area contributed by atoms with Crippen LogP contribution < -0.4 is 10.6 Å². The Morgan fingerprint density at radius 1 is 1.16 bits per heavy atom. The van der Waals surface area contributed by atoms with Crippen LogP contribution in [0.1, 0.15) is 37.7 Å². The molecule has 0 radical (unpaired) electrons. The molecule has 0 spiro atoms. The Balaban J connectivity index is 1.49. The molecule has 1 saturated heterocycles. The summed E-state index contributed by atoms with van der Waals surface area (Å²) in [6.07, 6.45) is 5.04. The van der Waals surface area contributed by atoms with Crippen molar-refractivity contribution in [2.45, 2.75) is 44.6 Å². The monoisotopic (exact) mass is 345 g/mol. The third kappa shape index (κ3) is 4.95. The van der Waals surface area contributed by atoms with Crippen molar-refractivity contribution in [2.75, 3.05) is 44.7 Å². The fourth-order valence-electron chi connectivity index (χ4n) is 3.80. The molecule has 1 aromatic rings. The largest absolute Gasteiger partial charge is 0.379 e. The van der Waals surface area contributed by atoms with Crippen LogP contribution in [0.3, 0.4) is 0 Å². The first-order valence-electron chi connectivity index (χ1n) is 9.61. The molecule has 138 valence electrons. The van der Waals surface area contributed by atoms with E-state index in [2.05, 4.69) is 46.7 Å². The molecule has 0 atom stereocenters. The number of carbonyl (C=O) groups excluding carboxylic acids is 1. The zero-order valence-corrected chi connectivity index (χ0v) is 15.4. The van der Waals surface area contributed by atoms with Crippen LogP contribution in [0.15, 0.2) is 24.3 Å². The summed E-state index contributed by atoms with van der Waals surface area (Å²) in [5.74, 6) is 0.160. The van der Waals surface area contributed by atoms with E-state index in [1.165, 1.54) is 5.56 Å². The second kappa shape index (κ2) is 8.68. The summed E-state index contributed by atoms with van der Waals surface area (Å²) in [6, 6.07) is 8.32. The molecule has 2 fully saturated rings. The molecular weight excluding hydrogens is 314 g/mol. The van der Waals surface area contributed by atoms with Gasteiger partial charge in [0.2, 0.25) is 5.91 Å².